The quantitative estimate of drug-likeness (QED) is 0.453. The first-order valence-corrected chi connectivity index (χ1v) is 11.8. The smallest absolute Gasteiger partial charge is 0.242 e. The average molecular weight is 443 g/mol. The molecule has 3 aromatic carbocycles. The first-order chi connectivity index (χ1) is 16.0. The molecule has 33 heavy (non-hydrogen) atoms. The predicted molar refractivity (Wildman–Crippen MR) is 134 cm³/mol. The Morgan fingerprint density at radius 1 is 0.848 bits per heavy atom. The summed E-state index contributed by atoms with van der Waals surface area (Å²) in [6.07, 6.45) is 0.862. The molecule has 0 saturated heterocycles. The molecule has 0 aliphatic rings. The van der Waals surface area contributed by atoms with E-state index in [2.05, 4.69) is 35.6 Å². The summed E-state index contributed by atoms with van der Waals surface area (Å²) < 4.78 is 0. The van der Waals surface area contributed by atoms with Crippen LogP contribution in [0.15, 0.2) is 84.9 Å². The molecule has 0 aliphatic heterocycles. The van der Waals surface area contributed by atoms with Gasteiger partial charge < -0.3 is 10.2 Å². The summed E-state index contributed by atoms with van der Waals surface area (Å²) in [5.41, 5.74) is 4.36. The van der Waals surface area contributed by atoms with Crippen LogP contribution in [0, 0.1) is 6.92 Å². The predicted octanol–water partition coefficient (Wildman–Crippen LogP) is 5.46. The highest BCUT2D eigenvalue weighted by Gasteiger charge is 2.30. The fourth-order valence-corrected chi connectivity index (χ4v) is 4.31. The van der Waals surface area contributed by atoms with Crippen molar-refractivity contribution in [2.24, 2.45) is 0 Å². The molecule has 0 aromatic heterocycles. The number of aryl methyl sites for hydroxylation is 1. The molecule has 4 nitrogen and oxygen atoms in total. The van der Waals surface area contributed by atoms with Crippen LogP contribution in [0.4, 0.5) is 0 Å². The van der Waals surface area contributed by atoms with Gasteiger partial charge in [-0.2, -0.15) is 0 Å². The maximum atomic E-state index is 13.8. The SMILES string of the molecule is CCNC(=O)[C@@H](CC)N(Cc1cccc(C)c1)C(=O)CC(c1ccccc1)c1ccccc1. The zero-order valence-electron chi connectivity index (χ0n) is 19.8. The van der Waals surface area contributed by atoms with E-state index in [0.29, 0.717) is 25.9 Å². The number of amides is 2. The Labute approximate surface area is 197 Å². The molecule has 3 aromatic rings. The van der Waals surface area contributed by atoms with Crippen LogP contribution >= 0.6 is 0 Å². The van der Waals surface area contributed by atoms with Crippen molar-refractivity contribution in [3.63, 3.8) is 0 Å². The van der Waals surface area contributed by atoms with E-state index in [4.69, 9.17) is 0 Å². The molecular formula is C29H34N2O2. The molecule has 3 rings (SSSR count). The second-order valence-corrected chi connectivity index (χ2v) is 8.41. The minimum Gasteiger partial charge on any atom is -0.355 e. The van der Waals surface area contributed by atoms with E-state index in [1.54, 1.807) is 4.90 Å². The van der Waals surface area contributed by atoms with Gasteiger partial charge in [-0.05, 0) is 37.0 Å². The molecule has 1 N–H and O–H groups in total. The lowest BCUT2D eigenvalue weighted by Crippen LogP contribution is -2.49. The lowest BCUT2D eigenvalue weighted by molar-refractivity contribution is -0.141. The van der Waals surface area contributed by atoms with Crippen molar-refractivity contribution in [1.82, 2.24) is 10.2 Å². The maximum absolute atomic E-state index is 13.8. The van der Waals surface area contributed by atoms with Gasteiger partial charge in [0.2, 0.25) is 11.8 Å². The van der Waals surface area contributed by atoms with E-state index in [0.717, 1.165) is 22.3 Å². The highest BCUT2D eigenvalue weighted by Crippen LogP contribution is 2.29. The van der Waals surface area contributed by atoms with Gasteiger partial charge in [0.25, 0.3) is 0 Å². The molecule has 0 aliphatic carbocycles. The normalized spacial score (nSPS) is 11.8. The summed E-state index contributed by atoms with van der Waals surface area (Å²) in [7, 11) is 0. The second-order valence-electron chi connectivity index (χ2n) is 8.41. The topological polar surface area (TPSA) is 49.4 Å². The van der Waals surface area contributed by atoms with Gasteiger partial charge >= 0.3 is 0 Å². The molecule has 0 fully saturated rings. The fourth-order valence-electron chi connectivity index (χ4n) is 4.31. The third-order valence-corrected chi connectivity index (χ3v) is 5.95. The van der Waals surface area contributed by atoms with E-state index in [9.17, 15) is 9.59 Å². The Morgan fingerprint density at radius 2 is 1.45 bits per heavy atom. The van der Waals surface area contributed by atoms with Crippen LogP contribution in [0.2, 0.25) is 0 Å². The maximum Gasteiger partial charge on any atom is 0.242 e. The lowest BCUT2D eigenvalue weighted by Gasteiger charge is -2.32. The van der Waals surface area contributed by atoms with Crippen molar-refractivity contribution in [2.75, 3.05) is 6.54 Å². The molecule has 0 radical (unpaired) electrons. The van der Waals surface area contributed by atoms with Crippen LogP contribution in [0.3, 0.4) is 0 Å². The van der Waals surface area contributed by atoms with E-state index < -0.39 is 6.04 Å². The van der Waals surface area contributed by atoms with Gasteiger partial charge in [0.1, 0.15) is 6.04 Å². The molecule has 0 saturated carbocycles. The summed E-state index contributed by atoms with van der Waals surface area (Å²) in [6.45, 7) is 6.85. The average Bonchev–Trinajstić information content (AvgIpc) is 2.83. The number of likely N-dealkylation sites (N-methyl/N-ethyl adjacent to an activating group) is 1. The Kier molecular flexibility index (Phi) is 8.82. The number of carbonyl (C=O) groups excluding carboxylic acids is 2. The van der Waals surface area contributed by atoms with E-state index in [1.807, 2.05) is 75.4 Å². The van der Waals surface area contributed by atoms with Crippen molar-refractivity contribution in [3.05, 3.63) is 107 Å². The number of hydrogen-bond donors (Lipinski definition) is 1. The molecule has 0 bridgehead atoms. The van der Waals surface area contributed by atoms with Crippen molar-refractivity contribution < 1.29 is 9.59 Å². The van der Waals surface area contributed by atoms with E-state index in [-0.39, 0.29) is 17.7 Å². The molecule has 0 unspecified atom stereocenters. The van der Waals surface area contributed by atoms with Gasteiger partial charge in [-0.25, -0.2) is 0 Å². The van der Waals surface area contributed by atoms with Gasteiger partial charge in [-0.15, -0.1) is 0 Å². The molecular weight excluding hydrogens is 408 g/mol. The molecule has 0 heterocycles. The standard InChI is InChI=1S/C29H34N2O2/c1-4-27(29(33)30-5-2)31(21-23-14-12-13-22(3)19-23)28(32)20-26(24-15-8-6-9-16-24)25-17-10-7-11-18-25/h6-19,26-27H,4-5,20-21H2,1-3H3,(H,30,33)/t27-/m1/s1. The van der Waals surface area contributed by atoms with Gasteiger partial charge in [0.05, 0.1) is 0 Å². The van der Waals surface area contributed by atoms with Gasteiger partial charge in [0, 0.05) is 25.4 Å². The van der Waals surface area contributed by atoms with Crippen LogP contribution in [0.5, 0.6) is 0 Å². The van der Waals surface area contributed by atoms with Crippen LogP contribution in [-0.4, -0.2) is 29.3 Å². The van der Waals surface area contributed by atoms with Gasteiger partial charge in [-0.3, -0.25) is 9.59 Å². The fraction of sp³-hybridized carbons (Fsp3) is 0.310. The number of benzene rings is 3. The van der Waals surface area contributed by atoms with Crippen molar-refractivity contribution in [2.45, 2.75) is 52.1 Å². The third-order valence-electron chi connectivity index (χ3n) is 5.95. The lowest BCUT2D eigenvalue weighted by atomic mass is 9.88. The van der Waals surface area contributed by atoms with E-state index in [1.165, 1.54) is 0 Å². The van der Waals surface area contributed by atoms with Crippen LogP contribution in [0.1, 0.15) is 54.9 Å². The number of nitrogens with one attached hydrogen (secondary N) is 1. The number of nitrogens with zero attached hydrogens (tertiary/aromatic N) is 1. The van der Waals surface area contributed by atoms with Crippen LogP contribution in [0.25, 0.3) is 0 Å². The molecule has 1 atom stereocenters. The largest absolute Gasteiger partial charge is 0.355 e. The highest BCUT2D eigenvalue weighted by atomic mass is 16.2. The Morgan fingerprint density at radius 3 is 1.97 bits per heavy atom. The van der Waals surface area contributed by atoms with Crippen molar-refractivity contribution in [1.29, 1.82) is 0 Å². The van der Waals surface area contributed by atoms with Crippen LogP contribution in [-0.2, 0) is 16.1 Å². The van der Waals surface area contributed by atoms with Gasteiger partial charge in [0.15, 0.2) is 0 Å². The van der Waals surface area contributed by atoms with Crippen molar-refractivity contribution in [3.8, 4) is 0 Å². The Hall–Kier alpha value is -3.40. The molecule has 172 valence electrons. The minimum atomic E-state index is -0.509. The zero-order chi connectivity index (χ0) is 23.6. The number of rotatable bonds is 10. The third kappa shape index (κ3) is 6.55. The zero-order valence-corrected chi connectivity index (χ0v) is 19.8. The molecule has 4 heteroatoms. The van der Waals surface area contributed by atoms with Crippen LogP contribution < -0.4 is 5.32 Å². The highest BCUT2D eigenvalue weighted by molar-refractivity contribution is 5.88. The summed E-state index contributed by atoms with van der Waals surface area (Å²) in [5.74, 6) is -0.198. The van der Waals surface area contributed by atoms with E-state index >= 15 is 0 Å². The summed E-state index contributed by atoms with van der Waals surface area (Å²) in [5, 5.41) is 2.91. The second kappa shape index (κ2) is 12.0. The first kappa shape index (κ1) is 24.2. The Balaban J connectivity index is 1.95. The van der Waals surface area contributed by atoms with Crippen molar-refractivity contribution >= 4 is 11.8 Å². The molecule has 0 spiro atoms. The monoisotopic (exact) mass is 442 g/mol. The summed E-state index contributed by atoms with van der Waals surface area (Å²) >= 11 is 0. The van der Waals surface area contributed by atoms with Gasteiger partial charge in [-0.1, -0.05) is 97.4 Å². The summed E-state index contributed by atoms with van der Waals surface area (Å²) in [4.78, 5) is 28.5. The number of carbonyl (C=O) groups is 2. The number of hydrogen-bond acceptors (Lipinski definition) is 2. The minimum absolute atomic E-state index is 0.0210. The molecule has 2 amide bonds. The first-order valence-electron chi connectivity index (χ1n) is 11.8. The summed E-state index contributed by atoms with van der Waals surface area (Å²) in [6, 6.07) is 27.9. The Bertz CT molecular complexity index is 994.